The SMILES string of the molecule is Cc1nnsc1C(=O)NC1(CN)CCCCC1C. The molecule has 2 rings (SSSR count). The van der Waals surface area contributed by atoms with Gasteiger partial charge in [0.1, 0.15) is 4.88 Å². The first kappa shape index (κ1) is 13.4. The number of rotatable bonds is 3. The largest absolute Gasteiger partial charge is 0.344 e. The quantitative estimate of drug-likeness (QED) is 0.870. The Labute approximate surface area is 111 Å². The van der Waals surface area contributed by atoms with Crippen molar-refractivity contribution in [3.05, 3.63) is 10.6 Å². The third kappa shape index (κ3) is 2.40. The van der Waals surface area contributed by atoms with Gasteiger partial charge in [0.25, 0.3) is 5.91 Å². The Hall–Kier alpha value is -1.01. The van der Waals surface area contributed by atoms with E-state index in [2.05, 4.69) is 21.8 Å². The molecule has 18 heavy (non-hydrogen) atoms. The zero-order valence-electron chi connectivity index (χ0n) is 10.9. The van der Waals surface area contributed by atoms with Crippen LogP contribution in [0.3, 0.4) is 0 Å². The molecule has 1 fully saturated rings. The second-order valence-electron chi connectivity index (χ2n) is 5.15. The Morgan fingerprint density at radius 3 is 2.94 bits per heavy atom. The van der Waals surface area contributed by atoms with E-state index in [0.29, 0.717) is 23.0 Å². The van der Waals surface area contributed by atoms with Crippen molar-refractivity contribution >= 4 is 17.4 Å². The maximum atomic E-state index is 12.3. The van der Waals surface area contributed by atoms with Crippen LogP contribution in [0.25, 0.3) is 0 Å². The number of carbonyl (C=O) groups is 1. The Morgan fingerprint density at radius 2 is 2.39 bits per heavy atom. The number of aryl methyl sites for hydroxylation is 1. The summed E-state index contributed by atoms with van der Waals surface area (Å²) in [7, 11) is 0. The van der Waals surface area contributed by atoms with Crippen LogP contribution in [0.5, 0.6) is 0 Å². The molecule has 100 valence electrons. The minimum Gasteiger partial charge on any atom is -0.344 e. The normalized spacial score (nSPS) is 28.1. The lowest BCUT2D eigenvalue weighted by atomic mass is 9.73. The molecule has 1 saturated carbocycles. The van der Waals surface area contributed by atoms with Gasteiger partial charge in [0.2, 0.25) is 0 Å². The van der Waals surface area contributed by atoms with E-state index >= 15 is 0 Å². The second kappa shape index (κ2) is 5.32. The van der Waals surface area contributed by atoms with Crippen molar-refractivity contribution in [2.24, 2.45) is 11.7 Å². The van der Waals surface area contributed by atoms with Crippen molar-refractivity contribution in [2.45, 2.75) is 45.1 Å². The molecule has 1 amide bonds. The van der Waals surface area contributed by atoms with E-state index in [9.17, 15) is 4.79 Å². The van der Waals surface area contributed by atoms with Gasteiger partial charge >= 0.3 is 0 Å². The van der Waals surface area contributed by atoms with Gasteiger partial charge in [-0.2, -0.15) is 0 Å². The predicted octanol–water partition coefficient (Wildman–Crippen LogP) is 1.48. The zero-order chi connectivity index (χ0) is 13.2. The Balaban J connectivity index is 2.15. The van der Waals surface area contributed by atoms with E-state index in [-0.39, 0.29) is 11.4 Å². The van der Waals surface area contributed by atoms with Crippen LogP contribution >= 0.6 is 11.5 Å². The molecule has 1 aliphatic rings. The molecule has 1 heterocycles. The molecular formula is C12H20N4OS. The van der Waals surface area contributed by atoms with Gasteiger partial charge in [0.15, 0.2) is 0 Å². The van der Waals surface area contributed by atoms with E-state index in [4.69, 9.17) is 5.73 Å². The summed E-state index contributed by atoms with van der Waals surface area (Å²) in [6.45, 7) is 4.47. The van der Waals surface area contributed by atoms with Crippen LogP contribution in [0.2, 0.25) is 0 Å². The smallest absolute Gasteiger partial charge is 0.265 e. The van der Waals surface area contributed by atoms with Crippen LogP contribution in [-0.4, -0.2) is 27.6 Å². The van der Waals surface area contributed by atoms with E-state index in [1.54, 1.807) is 6.92 Å². The number of hydrogen-bond donors (Lipinski definition) is 2. The Kier molecular flexibility index (Phi) is 3.97. The molecular weight excluding hydrogens is 248 g/mol. The third-order valence-electron chi connectivity index (χ3n) is 4.04. The van der Waals surface area contributed by atoms with E-state index in [1.807, 2.05) is 0 Å². The number of hydrogen-bond acceptors (Lipinski definition) is 5. The fourth-order valence-electron chi connectivity index (χ4n) is 2.68. The number of nitrogens with one attached hydrogen (secondary N) is 1. The lowest BCUT2D eigenvalue weighted by molar-refractivity contribution is 0.0816. The number of amides is 1. The molecule has 0 aromatic carbocycles. The van der Waals surface area contributed by atoms with E-state index in [1.165, 1.54) is 6.42 Å². The first-order valence-electron chi connectivity index (χ1n) is 6.40. The van der Waals surface area contributed by atoms with Gasteiger partial charge < -0.3 is 11.1 Å². The van der Waals surface area contributed by atoms with Crippen molar-refractivity contribution < 1.29 is 4.79 Å². The summed E-state index contributed by atoms with van der Waals surface area (Å²) < 4.78 is 3.80. The summed E-state index contributed by atoms with van der Waals surface area (Å²) in [6, 6.07) is 0. The molecule has 6 heteroatoms. The fourth-order valence-corrected chi connectivity index (χ4v) is 3.23. The first-order valence-corrected chi connectivity index (χ1v) is 7.18. The van der Waals surface area contributed by atoms with Crippen LogP contribution in [0.4, 0.5) is 0 Å². The maximum Gasteiger partial charge on any atom is 0.265 e. The third-order valence-corrected chi connectivity index (χ3v) is 4.86. The average Bonchev–Trinajstić information content (AvgIpc) is 2.78. The van der Waals surface area contributed by atoms with Gasteiger partial charge in [-0.05, 0) is 37.2 Å². The minimum atomic E-state index is -0.258. The highest BCUT2D eigenvalue weighted by Gasteiger charge is 2.38. The summed E-state index contributed by atoms with van der Waals surface area (Å²) in [4.78, 5) is 12.9. The summed E-state index contributed by atoms with van der Waals surface area (Å²) in [5.41, 5.74) is 6.36. The summed E-state index contributed by atoms with van der Waals surface area (Å²) >= 11 is 1.14. The Bertz CT molecular complexity index is 433. The minimum absolute atomic E-state index is 0.0818. The second-order valence-corrected chi connectivity index (χ2v) is 5.90. The van der Waals surface area contributed by atoms with Crippen molar-refractivity contribution in [1.82, 2.24) is 14.9 Å². The van der Waals surface area contributed by atoms with Gasteiger partial charge in [0.05, 0.1) is 11.2 Å². The van der Waals surface area contributed by atoms with Crippen LogP contribution in [0.1, 0.15) is 48.0 Å². The first-order chi connectivity index (χ1) is 8.59. The van der Waals surface area contributed by atoms with Crippen molar-refractivity contribution in [2.75, 3.05) is 6.54 Å². The summed E-state index contributed by atoms with van der Waals surface area (Å²) in [6.07, 6.45) is 4.43. The molecule has 5 nitrogen and oxygen atoms in total. The predicted molar refractivity (Wildman–Crippen MR) is 71.5 cm³/mol. The number of nitrogens with two attached hydrogens (primary N) is 1. The van der Waals surface area contributed by atoms with Crippen molar-refractivity contribution in [1.29, 1.82) is 0 Å². The maximum absolute atomic E-state index is 12.3. The highest BCUT2D eigenvalue weighted by atomic mass is 32.1. The number of aromatic nitrogens is 2. The van der Waals surface area contributed by atoms with Crippen molar-refractivity contribution in [3.8, 4) is 0 Å². The topological polar surface area (TPSA) is 80.9 Å². The molecule has 2 unspecified atom stereocenters. The number of carbonyl (C=O) groups excluding carboxylic acids is 1. The summed E-state index contributed by atoms with van der Waals surface area (Å²) in [5, 5.41) is 7.02. The highest BCUT2D eigenvalue weighted by molar-refractivity contribution is 7.08. The van der Waals surface area contributed by atoms with Crippen LogP contribution in [0.15, 0.2) is 0 Å². The number of nitrogens with zero attached hydrogens (tertiary/aromatic N) is 2. The van der Waals surface area contributed by atoms with Gasteiger partial charge in [-0.1, -0.05) is 24.3 Å². The van der Waals surface area contributed by atoms with Gasteiger partial charge in [-0.15, -0.1) is 5.10 Å². The monoisotopic (exact) mass is 268 g/mol. The fraction of sp³-hybridized carbons (Fsp3) is 0.750. The lowest BCUT2D eigenvalue weighted by Gasteiger charge is -2.42. The molecule has 0 spiro atoms. The van der Waals surface area contributed by atoms with E-state index in [0.717, 1.165) is 30.8 Å². The van der Waals surface area contributed by atoms with Gasteiger partial charge in [-0.25, -0.2) is 0 Å². The molecule has 3 N–H and O–H groups in total. The standard InChI is InChI=1S/C12H20N4OS/c1-8-5-3-4-6-12(8,7-13)14-11(17)10-9(2)15-16-18-10/h8H,3-7,13H2,1-2H3,(H,14,17). The van der Waals surface area contributed by atoms with Crippen molar-refractivity contribution in [3.63, 3.8) is 0 Å². The van der Waals surface area contributed by atoms with Crippen LogP contribution < -0.4 is 11.1 Å². The molecule has 1 aliphatic carbocycles. The lowest BCUT2D eigenvalue weighted by Crippen LogP contribution is -2.59. The van der Waals surface area contributed by atoms with Crippen LogP contribution in [0, 0.1) is 12.8 Å². The zero-order valence-corrected chi connectivity index (χ0v) is 11.7. The molecule has 0 saturated heterocycles. The molecule has 1 aromatic heterocycles. The molecule has 1 aromatic rings. The van der Waals surface area contributed by atoms with Crippen LogP contribution in [-0.2, 0) is 0 Å². The van der Waals surface area contributed by atoms with Gasteiger partial charge in [0, 0.05) is 6.54 Å². The highest BCUT2D eigenvalue weighted by Crippen LogP contribution is 2.33. The molecule has 0 bridgehead atoms. The average molecular weight is 268 g/mol. The summed E-state index contributed by atoms with van der Waals surface area (Å²) in [5.74, 6) is 0.336. The molecule has 0 radical (unpaired) electrons. The van der Waals surface area contributed by atoms with E-state index < -0.39 is 0 Å². The molecule has 0 aliphatic heterocycles. The molecule has 2 atom stereocenters. The van der Waals surface area contributed by atoms with Gasteiger partial charge in [-0.3, -0.25) is 4.79 Å². The Morgan fingerprint density at radius 1 is 1.61 bits per heavy atom.